The molecule has 2 rings (SSSR count). The predicted molar refractivity (Wildman–Crippen MR) is 47.7 cm³/mol. The molecule has 0 spiro atoms. The third-order valence-corrected chi connectivity index (χ3v) is 2.88. The lowest BCUT2D eigenvalue weighted by Crippen LogP contribution is -2.18. The van der Waals surface area contributed by atoms with Crippen LogP contribution in [0.4, 0.5) is 0 Å². The van der Waals surface area contributed by atoms with Gasteiger partial charge in [0.25, 0.3) is 0 Å². The van der Waals surface area contributed by atoms with Crippen molar-refractivity contribution in [2.45, 2.75) is 18.1 Å². The molecular weight excluding hydrogens is 174 g/mol. The lowest BCUT2D eigenvalue weighted by molar-refractivity contribution is 0.888. The van der Waals surface area contributed by atoms with Gasteiger partial charge in [-0.3, -0.25) is 0 Å². The molecule has 12 heavy (non-hydrogen) atoms. The zero-order chi connectivity index (χ0) is 8.55. The third-order valence-electron chi connectivity index (χ3n) is 1.89. The number of aromatic amines is 1. The van der Waals surface area contributed by atoms with E-state index in [9.17, 15) is 4.79 Å². The zero-order valence-corrected chi connectivity index (χ0v) is 7.28. The van der Waals surface area contributed by atoms with E-state index in [1.807, 2.05) is 0 Å². The number of nitrogens with one attached hydrogen (secondary N) is 1. The maximum absolute atomic E-state index is 11.0. The Morgan fingerprint density at radius 3 is 3.17 bits per heavy atom. The molecule has 1 aromatic rings. The fourth-order valence-corrected chi connectivity index (χ4v) is 2.41. The van der Waals surface area contributed by atoms with Crippen LogP contribution >= 0.6 is 11.8 Å². The Morgan fingerprint density at radius 1 is 1.58 bits per heavy atom. The molecule has 1 aromatic heterocycles. The SMILES string of the molecule is NCc1nc(=O)[nH]c2c1CSC2. The molecule has 5 heteroatoms. The predicted octanol–water partition coefficient (Wildman–Crippen LogP) is -0.0246. The lowest BCUT2D eigenvalue weighted by atomic mass is 10.2. The van der Waals surface area contributed by atoms with Gasteiger partial charge in [-0.05, 0) is 0 Å². The average molecular weight is 183 g/mol. The van der Waals surface area contributed by atoms with Crippen LogP contribution in [0.25, 0.3) is 0 Å². The Hall–Kier alpha value is -0.810. The van der Waals surface area contributed by atoms with Crippen LogP contribution in [0.15, 0.2) is 4.79 Å². The molecule has 64 valence electrons. The van der Waals surface area contributed by atoms with E-state index in [2.05, 4.69) is 9.97 Å². The van der Waals surface area contributed by atoms with Crippen LogP contribution in [-0.2, 0) is 18.1 Å². The quantitative estimate of drug-likeness (QED) is 0.641. The van der Waals surface area contributed by atoms with Crippen LogP contribution in [0.3, 0.4) is 0 Å². The minimum absolute atomic E-state index is 0.281. The number of hydrogen-bond donors (Lipinski definition) is 2. The van der Waals surface area contributed by atoms with Crippen molar-refractivity contribution in [3.8, 4) is 0 Å². The topological polar surface area (TPSA) is 71.8 Å². The maximum atomic E-state index is 11.0. The Morgan fingerprint density at radius 2 is 2.42 bits per heavy atom. The monoisotopic (exact) mass is 183 g/mol. The molecule has 3 N–H and O–H groups in total. The second-order valence-corrected chi connectivity index (χ2v) is 3.63. The molecule has 0 radical (unpaired) electrons. The first-order chi connectivity index (χ1) is 5.81. The van der Waals surface area contributed by atoms with E-state index in [-0.39, 0.29) is 5.69 Å². The summed E-state index contributed by atoms with van der Waals surface area (Å²) in [4.78, 5) is 17.5. The van der Waals surface area contributed by atoms with Gasteiger partial charge < -0.3 is 10.7 Å². The first-order valence-electron chi connectivity index (χ1n) is 3.70. The van der Waals surface area contributed by atoms with Gasteiger partial charge in [-0.25, -0.2) is 4.79 Å². The summed E-state index contributed by atoms with van der Waals surface area (Å²) in [5.41, 5.74) is 8.06. The Bertz CT molecular complexity index is 360. The van der Waals surface area contributed by atoms with Crippen molar-refractivity contribution < 1.29 is 0 Å². The lowest BCUT2D eigenvalue weighted by Gasteiger charge is -2.01. The van der Waals surface area contributed by atoms with E-state index >= 15 is 0 Å². The Labute approximate surface area is 73.6 Å². The normalized spacial score (nSPS) is 14.8. The summed E-state index contributed by atoms with van der Waals surface area (Å²) in [5.74, 6) is 1.80. The number of rotatable bonds is 1. The van der Waals surface area contributed by atoms with Gasteiger partial charge in [0.1, 0.15) is 0 Å². The van der Waals surface area contributed by atoms with Gasteiger partial charge in [0.15, 0.2) is 0 Å². The second-order valence-electron chi connectivity index (χ2n) is 2.64. The highest BCUT2D eigenvalue weighted by molar-refractivity contribution is 7.98. The van der Waals surface area contributed by atoms with Crippen molar-refractivity contribution in [3.05, 3.63) is 27.4 Å². The highest BCUT2D eigenvalue weighted by Gasteiger charge is 2.16. The summed E-state index contributed by atoms with van der Waals surface area (Å²) >= 11 is 1.78. The van der Waals surface area contributed by atoms with Crippen LogP contribution in [-0.4, -0.2) is 9.97 Å². The smallest absolute Gasteiger partial charge is 0.325 e. The minimum Gasteiger partial charge on any atom is -0.325 e. The number of nitrogens with two attached hydrogens (primary N) is 1. The molecule has 4 nitrogen and oxygen atoms in total. The number of fused-ring (bicyclic) bond motifs is 1. The molecule has 0 bridgehead atoms. The standard InChI is InChI=1S/C7H9N3OS/c8-1-5-4-2-12-3-6(4)10-7(11)9-5/h1-3,8H2,(H,9,10,11). The van der Waals surface area contributed by atoms with Crippen molar-refractivity contribution in [2.24, 2.45) is 5.73 Å². The summed E-state index contributed by atoms with van der Waals surface area (Å²) in [5, 5.41) is 0. The molecule has 1 aliphatic heterocycles. The third kappa shape index (κ3) is 1.15. The molecule has 0 unspecified atom stereocenters. The van der Waals surface area contributed by atoms with E-state index in [4.69, 9.17) is 5.73 Å². The fraction of sp³-hybridized carbons (Fsp3) is 0.429. The highest BCUT2D eigenvalue weighted by Crippen LogP contribution is 2.28. The minimum atomic E-state index is -0.281. The second kappa shape index (κ2) is 2.91. The summed E-state index contributed by atoms with van der Waals surface area (Å²) in [6.45, 7) is 0.354. The Balaban J connectivity index is 2.62. The molecule has 0 saturated heterocycles. The molecule has 0 aliphatic carbocycles. The van der Waals surface area contributed by atoms with Crippen molar-refractivity contribution in [1.82, 2.24) is 9.97 Å². The van der Waals surface area contributed by atoms with Crippen LogP contribution in [0.5, 0.6) is 0 Å². The molecule has 0 amide bonds. The first kappa shape index (κ1) is 7.82. The zero-order valence-electron chi connectivity index (χ0n) is 6.46. The Kier molecular flexibility index (Phi) is 1.90. The number of aromatic nitrogens is 2. The molecule has 2 heterocycles. The summed E-state index contributed by atoms with van der Waals surface area (Å²) in [7, 11) is 0. The van der Waals surface area contributed by atoms with E-state index in [0.717, 1.165) is 28.5 Å². The molecule has 1 aliphatic rings. The summed E-state index contributed by atoms with van der Waals surface area (Å²) < 4.78 is 0. The molecule has 0 saturated carbocycles. The van der Waals surface area contributed by atoms with Crippen LogP contribution in [0.2, 0.25) is 0 Å². The number of H-pyrrole nitrogens is 1. The van der Waals surface area contributed by atoms with Gasteiger partial charge in [-0.1, -0.05) is 0 Å². The van der Waals surface area contributed by atoms with Gasteiger partial charge in [0.2, 0.25) is 0 Å². The largest absolute Gasteiger partial charge is 0.345 e. The molecular formula is C7H9N3OS. The van der Waals surface area contributed by atoms with E-state index < -0.39 is 0 Å². The first-order valence-corrected chi connectivity index (χ1v) is 4.85. The molecule has 0 fully saturated rings. The summed E-state index contributed by atoms with van der Waals surface area (Å²) in [6.07, 6.45) is 0. The van der Waals surface area contributed by atoms with Crippen molar-refractivity contribution in [2.75, 3.05) is 0 Å². The average Bonchev–Trinajstić information content (AvgIpc) is 2.50. The number of hydrogen-bond acceptors (Lipinski definition) is 4. The van der Waals surface area contributed by atoms with Gasteiger partial charge in [0, 0.05) is 29.3 Å². The maximum Gasteiger partial charge on any atom is 0.345 e. The van der Waals surface area contributed by atoms with Crippen LogP contribution in [0.1, 0.15) is 17.0 Å². The van der Waals surface area contributed by atoms with Crippen molar-refractivity contribution in [3.63, 3.8) is 0 Å². The highest BCUT2D eigenvalue weighted by atomic mass is 32.2. The van der Waals surface area contributed by atoms with Crippen LogP contribution < -0.4 is 11.4 Å². The van der Waals surface area contributed by atoms with E-state index in [1.54, 1.807) is 11.8 Å². The number of nitrogens with zero attached hydrogens (tertiary/aromatic N) is 1. The van der Waals surface area contributed by atoms with E-state index in [1.165, 1.54) is 0 Å². The summed E-state index contributed by atoms with van der Waals surface area (Å²) in [6, 6.07) is 0. The van der Waals surface area contributed by atoms with E-state index in [0.29, 0.717) is 6.54 Å². The number of thioether (sulfide) groups is 1. The van der Waals surface area contributed by atoms with Crippen LogP contribution in [0, 0.1) is 0 Å². The van der Waals surface area contributed by atoms with Gasteiger partial charge in [-0.2, -0.15) is 16.7 Å². The van der Waals surface area contributed by atoms with Crippen molar-refractivity contribution >= 4 is 11.8 Å². The van der Waals surface area contributed by atoms with Gasteiger partial charge in [0.05, 0.1) is 5.69 Å². The van der Waals surface area contributed by atoms with Gasteiger partial charge in [-0.15, -0.1) is 0 Å². The molecule has 0 atom stereocenters. The van der Waals surface area contributed by atoms with Crippen molar-refractivity contribution in [1.29, 1.82) is 0 Å². The molecule has 0 aromatic carbocycles. The fourth-order valence-electron chi connectivity index (χ4n) is 1.31. The van der Waals surface area contributed by atoms with Gasteiger partial charge >= 0.3 is 5.69 Å².